The van der Waals surface area contributed by atoms with Crippen molar-refractivity contribution in [1.29, 1.82) is 0 Å². The van der Waals surface area contributed by atoms with Crippen molar-refractivity contribution in [2.45, 2.75) is 52.9 Å². The van der Waals surface area contributed by atoms with Crippen molar-refractivity contribution in [3.8, 4) is 0 Å². The largest absolute Gasteiger partial charge is 0.343 e. The molecule has 0 aliphatic carbocycles. The number of nitrogens with one attached hydrogen (secondary N) is 1. The van der Waals surface area contributed by atoms with Crippen LogP contribution in [-0.4, -0.2) is 34.8 Å². The van der Waals surface area contributed by atoms with Crippen molar-refractivity contribution in [3.05, 3.63) is 24.0 Å². The maximum absolute atomic E-state index is 12.1. The van der Waals surface area contributed by atoms with Crippen LogP contribution < -0.4 is 5.32 Å². The number of hydrogen-bond donors (Lipinski definition) is 1. The van der Waals surface area contributed by atoms with Gasteiger partial charge < -0.3 is 10.2 Å². The van der Waals surface area contributed by atoms with Crippen molar-refractivity contribution in [1.82, 2.24) is 9.88 Å². The Hall–Kier alpha value is -1.91. The summed E-state index contributed by atoms with van der Waals surface area (Å²) in [5.74, 6) is 0.0792. The molecular weight excluding hydrogens is 278 g/mol. The molecule has 5 heteroatoms. The lowest BCUT2D eigenvalue weighted by Crippen LogP contribution is -2.32. The lowest BCUT2D eigenvalue weighted by Gasteiger charge is -2.21. The van der Waals surface area contributed by atoms with Gasteiger partial charge in [-0.15, -0.1) is 0 Å². The minimum absolute atomic E-state index is 0.0681. The van der Waals surface area contributed by atoms with Gasteiger partial charge in [-0.3, -0.25) is 14.6 Å². The summed E-state index contributed by atoms with van der Waals surface area (Å²) >= 11 is 0. The second kappa shape index (κ2) is 9.92. The molecule has 5 nitrogen and oxygen atoms in total. The molecule has 0 aliphatic heterocycles. The number of nitrogens with zero attached hydrogens (tertiary/aromatic N) is 2. The Balaban J connectivity index is 2.35. The zero-order chi connectivity index (χ0) is 16.4. The van der Waals surface area contributed by atoms with Crippen LogP contribution in [0.15, 0.2) is 18.5 Å². The van der Waals surface area contributed by atoms with Crippen LogP contribution in [0.2, 0.25) is 0 Å². The van der Waals surface area contributed by atoms with Gasteiger partial charge in [0.25, 0.3) is 0 Å². The number of anilines is 1. The van der Waals surface area contributed by atoms with Gasteiger partial charge in [-0.25, -0.2) is 0 Å². The summed E-state index contributed by atoms with van der Waals surface area (Å²) in [4.78, 5) is 29.9. The summed E-state index contributed by atoms with van der Waals surface area (Å²) in [7, 11) is 0. The Morgan fingerprint density at radius 1 is 1.18 bits per heavy atom. The molecule has 1 N–H and O–H groups in total. The highest BCUT2D eigenvalue weighted by Crippen LogP contribution is 2.12. The summed E-state index contributed by atoms with van der Waals surface area (Å²) in [5, 5.41) is 2.84. The number of amides is 2. The van der Waals surface area contributed by atoms with Crippen LogP contribution in [0.3, 0.4) is 0 Å². The molecule has 0 atom stereocenters. The molecular formula is C17H27N3O2. The fourth-order valence-corrected chi connectivity index (χ4v) is 2.27. The van der Waals surface area contributed by atoms with Gasteiger partial charge >= 0.3 is 0 Å². The van der Waals surface area contributed by atoms with Crippen LogP contribution in [-0.2, 0) is 9.59 Å². The number of aromatic nitrogens is 1. The Kier molecular flexibility index (Phi) is 8.18. The van der Waals surface area contributed by atoms with Crippen LogP contribution in [0.5, 0.6) is 0 Å². The van der Waals surface area contributed by atoms with E-state index in [9.17, 15) is 9.59 Å². The first-order chi connectivity index (χ1) is 10.6. The molecule has 0 fully saturated rings. The van der Waals surface area contributed by atoms with Crippen molar-refractivity contribution in [3.63, 3.8) is 0 Å². The summed E-state index contributed by atoms with van der Waals surface area (Å²) in [5.41, 5.74) is 1.72. The summed E-state index contributed by atoms with van der Waals surface area (Å²) in [6.07, 6.45) is 6.63. The first-order valence-electron chi connectivity index (χ1n) is 8.06. The Bertz CT molecular complexity index is 483. The molecule has 2 amide bonds. The minimum Gasteiger partial charge on any atom is -0.343 e. The van der Waals surface area contributed by atoms with E-state index < -0.39 is 0 Å². The van der Waals surface area contributed by atoms with Crippen LogP contribution in [0, 0.1) is 6.92 Å². The molecule has 122 valence electrons. The Morgan fingerprint density at radius 2 is 1.86 bits per heavy atom. The quantitative estimate of drug-likeness (QED) is 0.762. The zero-order valence-electron chi connectivity index (χ0n) is 13.9. The summed E-state index contributed by atoms with van der Waals surface area (Å²) < 4.78 is 0. The zero-order valence-corrected chi connectivity index (χ0v) is 13.9. The van der Waals surface area contributed by atoms with Crippen LogP contribution >= 0.6 is 0 Å². The van der Waals surface area contributed by atoms with E-state index in [0.717, 1.165) is 37.2 Å². The van der Waals surface area contributed by atoms with Crippen molar-refractivity contribution >= 4 is 17.5 Å². The number of rotatable bonds is 9. The van der Waals surface area contributed by atoms with E-state index in [1.807, 2.05) is 17.9 Å². The smallest absolute Gasteiger partial charge is 0.224 e. The predicted octanol–water partition coefficient (Wildman–Crippen LogP) is 3.15. The second-order valence-corrected chi connectivity index (χ2v) is 5.47. The average Bonchev–Trinajstić information content (AvgIpc) is 2.49. The molecule has 0 radical (unpaired) electrons. The molecule has 0 unspecified atom stereocenters. The van der Waals surface area contributed by atoms with E-state index in [1.54, 1.807) is 12.4 Å². The van der Waals surface area contributed by atoms with Crippen LogP contribution in [0.1, 0.15) is 51.5 Å². The third-order valence-corrected chi connectivity index (χ3v) is 3.45. The van der Waals surface area contributed by atoms with Gasteiger partial charge in [-0.05, 0) is 37.8 Å². The topological polar surface area (TPSA) is 62.3 Å². The molecule has 1 aromatic heterocycles. The van der Waals surface area contributed by atoms with Gasteiger partial charge in [0.1, 0.15) is 0 Å². The molecule has 0 saturated heterocycles. The minimum atomic E-state index is -0.0681. The monoisotopic (exact) mass is 305 g/mol. The lowest BCUT2D eigenvalue weighted by atomic mass is 10.2. The first-order valence-corrected chi connectivity index (χ1v) is 8.06. The molecule has 1 aromatic rings. The van der Waals surface area contributed by atoms with Gasteiger partial charge in [0.15, 0.2) is 0 Å². The highest BCUT2D eigenvalue weighted by molar-refractivity contribution is 5.91. The number of carbonyl (C=O) groups excluding carboxylic acids is 2. The molecule has 22 heavy (non-hydrogen) atoms. The van der Waals surface area contributed by atoms with E-state index in [1.165, 1.54) is 0 Å². The van der Waals surface area contributed by atoms with E-state index in [4.69, 9.17) is 0 Å². The first kappa shape index (κ1) is 18.1. The summed E-state index contributed by atoms with van der Waals surface area (Å²) in [6, 6.07) is 1.85. The predicted molar refractivity (Wildman–Crippen MR) is 88.6 cm³/mol. The highest BCUT2D eigenvalue weighted by Gasteiger charge is 2.12. The summed E-state index contributed by atoms with van der Waals surface area (Å²) in [6.45, 7) is 7.66. The van der Waals surface area contributed by atoms with Crippen molar-refractivity contribution in [2.75, 3.05) is 18.4 Å². The molecule has 0 saturated carbocycles. The number of hydrogen-bond acceptors (Lipinski definition) is 3. The third kappa shape index (κ3) is 6.24. The molecule has 0 aliphatic rings. The maximum atomic E-state index is 12.1. The van der Waals surface area contributed by atoms with Crippen LogP contribution in [0.4, 0.5) is 5.69 Å². The SMILES string of the molecule is CCCN(CCC)C(=O)CCCC(=O)Nc1cnccc1C. The van der Waals surface area contributed by atoms with Gasteiger partial charge in [0, 0.05) is 32.1 Å². The second-order valence-electron chi connectivity index (χ2n) is 5.47. The van der Waals surface area contributed by atoms with Gasteiger partial charge in [-0.2, -0.15) is 0 Å². The molecule has 1 rings (SSSR count). The van der Waals surface area contributed by atoms with Gasteiger partial charge in [0.05, 0.1) is 11.9 Å². The van der Waals surface area contributed by atoms with E-state index >= 15 is 0 Å². The molecule has 0 bridgehead atoms. The average molecular weight is 305 g/mol. The Labute approximate surface area is 133 Å². The molecule has 1 heterocycles. The number of carbonyl (C=O) groups is 2. The third-order valence-electron chi connectivity index (χ3n) is 3.45. The normalized spacial score (nSPS) is 10.3. The van der Waals surface area contributed by atoms with Gasteiger partial charge in [0.2, 0.25) is 11.8 Å². The van der Waals surface area contributed by atoms with Gasteiger partial charge in [-0.1, -0.05) is 13.8 Å². The van der Waals surface area contributed by atoms with Crippen LogP contribution in [0.25, 0.3) is 0 Å². The molecule has 0 spiro atoms. The lowest BCUT2D eigenvalue weighted by molar-refractivity contribution is -0.131. The van der Waals surface area contributed by atoms with E-state index in [0.29, 0.717) is 19.3 Å². The van der Waals surface area contributed by atoms with E-state index in [-0.39, 0.29) is 11.8 Å². The fraction of sp³-hybridized carbons (Fsp3) is 0.588. The molecule has 0 aromatic carbocycles. The van der Waals surface area contributed by atoms with Crippen molar-refractivity contribution in [2.24, 2.45) is 0 Å². The fourth-order valence-electron chi connectivity index (χ4n) is 2.27. The number of pyridine rings is 1. The Morgan fingerprint density at radius 3 is 2.45 bits per heavy atom. The van der Waals surface area contributed by atoms with Crippen molar-refractivity contribution < 1.29 is 9.59 Å². The highest BCUT2D eigenvalue weighted by atomic mass is 16.2. The number of aryl methyl sites for hydroxylation is 1. The van der Waals surface area contributed by atoms with E-state index in [2.05, 4.69) is 24.1 Å². The standard InChI is InChI=1S/C17H27N3O2/c1-4-11-20(12-5-2)17(22)8-6-7-16(21)19-15-13-18-10-9-14(15)3/h9-10,13H,4-8,11-12H2,1-3H3,(H,19,21). The maximum Gasteiger partial charge on any atom is 0.224 e.